The number of hydrogen-bond acceptors (Lipinski definition) is 3. The fourth-order valence-corrected chi connectivity index (χ4v) is 2.80. The first kappa shape index (κ1) is 18.5. The van der Waals surface area contributed by atoms with Gasteiger partial charge in [0.15, 0.2) is 0 Å². The van der Waals surface area contributed by atoms with Crippen molar-refractivity contribution < 1.29 is 18.7 Å². The van der Waals surface area contributed by atoms with Crippen LogP contribution in [-0.2, 0) is 11.2 Å². The van der Waals surface area contributed by atoms with Gasteiger partial charge in [0.05, 0.1) is 20.6 Å². The van der Waals surface area contributed by atoms with Crippen LogP contribution in [0.2, 0.25) is 0 Å². The number of anilines is 1. The fourth-order valence-electron chi connectivity index (χ4n) is 2.80. The second kappa shape index (κ2) is 8.36. The van der Waals surface area contributed by atoms with E-state index in [2.05, 4.69) is 5.32 Å². The maximum atomic E-state index is 13.7. The molecule has 3 aromatic carbocycles. The molecule has 0 saturated heterocycles. The standard InChI is InChI=1S/C22H20FNO3/c1-26-18-10-7-15(8-11-18)19-14-17(9-12-21(19)27-2)24-22(25)13-16-5-3-4-6-20(16)23/h3-12,14H,13H2,1-2H3,(H,24,25). The normalized spacial score (nSPS) is 10.3. The van der Waals surface area contributed by atoms with E-state index in [1.54, 1.807) is 44.6 Å². The molecular formula is C22H20FNO3. The van der Waals surface area contributed by atoms with Crippen LogP contribution in [0.3, 0.4) is 0 Å². The number of halogens is 1. The van der Waals surface area contributed by atoms with Gasteiger partial charge in [0, 0.05) is 11.3 Å². The largest absolute Gasteiger partial charge is 0.497 e. The van der Waals surface area contributed by atoms with Crippen LogP contribution < -0.4 is 14.8 Å². The number of amides is 1. The number of methoxy groups -OCH3 is 2. The minimum absolute atomic E-state index is 0.0312. The Kier molecular flexibility index (Phi) is 5.71. The summed E-state index contributed by atoms with van der Waals surface area (Å²) in [5.74, 6) is 0.770. The SMILES string of the molecule is COc1ccc(-c2cc(NC(=O)Cc3ccccc3F)ccc2OC)cc1. The van der Waals surface area contributed by atoms with Gasteiger partial charge >= 0.3 is 0 Å². The second-order valence-corrected chi connectivity index (χ2v) is 5.96. The minimum Gasteiger partial charge on any atom is -0.497 e. The third-order valence-electron chi connectivity index (χ3n) is 4.19. The Hall–Kier alpha value is -3.34. The Bertz CT molecular complexity index is 939. The van der Waals surface area contributed by atoms with Gasteiger partial charge in [0.1, 0.15) is 17.3 Å². The molecule has 0 radical (unpaired) electrons. The van der Waals surface area contributed by atoms with Gasteiger partial charge in [0.2, 0.25) is 5.91 Å². The molecule has 0 aliphatic carbocycles. The van der Waals surface area contributed by atoms with E-state index in [4.69, 9.17) is 9.47 Å². The third kappa shape index (κ3) is 4.44. The summed E-state index contributed by atoms with van der Waals surface area (Å²) >= 11 is 0. The molecule has 1 amide bonds. The molecule has 3 aromatic rings. The van der Waals surface area contributed by atoms with Crippen molar-refractivity contribution in [3.05, 3.63) is 78.1 Å². The zero-order valence-electron chi connectivity index (χ0n) is 15.2. The van der Waals surface area contributed by atoms with E-state index in [0.29, 0.717) is 17.0 Å². The Balaban J connectivity index is 1.82. The molecular weight excluding hydrogens is 345 g/mol. The van der Waals surface area contributed by atoms with E-state index in [-0.39, 0.29) is 18.1 Å². The van der Waals surface area contributed by atoms with Crippen molar-refractivity contribution in [2.24, 2.45) is 0 Å². The van der Waals surface area contributed by atoms with Crippen molar-refractivity contribution in [1.82, 2.24) is 0 Å². The van der Waals surface area contributed by atoms with Crippen LogP contribution in [0.25, 0.3) is 11.1 Å². The number of hydrogen-bond donors (Lipinski definition) is 1. The average molecular weight is 365 g/mol. The molecule has 0 bridgehead atoms. The van der Waals surface area contributed by atoms with Crippen molar-refractivity contribution in [1.29, 1.82) is 0 Å². The highest BCUT2D eigenvalue weighted by atomic mass is 19.1. The lowest BCUT2D eigenvalue weighted by Gasteiger charge is -2.13. The van der Waals surface area contributed by atoms with Crippen molar-refractivity contribution in [3.8, 4) is 22.6 Å². The highest BCUT2D eigenvalue weighted by Gasteiger charge is 2.11. The maximum Gasteiger partial charge on any atom is 0.228 e. The van der Waals surface area contributed by atoms with Crippen LogP contribution in [0.1, 0.15) is 5.56 Å². The predicted octanol–water partition coefficient (Wildman–Crippen LogP) is 4.69. The molecule has 138 valence electrons. The molecule has 0 aromatic heterocycles. The summed E-state index contributed by atoms with van der Waals surface area (Å²) in [5.41, 5.74) is 2.74. The molecule has 0 saturated carbocycles. The van der Waals surface area contributed by atoms with E-state index >= 15 is 0 Å². The van der Waals surface area contributed by atoms with Gasteiger partial charge in [-0.1, -0.05) is 30.3 Å². The van der Waals surface area contributed by atoms with Gasteiger partial charge in [-0.25, -0.2) is 4.39 Å². The van der Waals surface area contributed by atoms with Gasteiger partial charge in [0.25, 0.3) is 0 Å². The van der Waals surface area contributed by atoms with E-state index in [1.165, 1.54) is 6.07 Å². The Morgan fingerprint density at radius 2 is 1.70 bits per heavy atom. The van der Waals surface area contributed by atoms with Gasteiger partial charge < -0.3 is 14.8 Å². The molecule has 0 unspecified atom stereocenters. The highest BCUT2D eigenvalue weighted by Crippen LogP contribution is 2.33. The van der Waals surface area contributed by atoms with Gasteiger partial charge in [-0.2, -0.15) is 0 Å². The van der Waals surface area contributed by atoms with Crippen molar-refractivity contribution >= 4 is 11.6 Å². The Morgan fingerprint density at radius 1 is 0.963 bits per heavy atom. The molecule has 1 N–H and O–H groups in total. The Morgan fingerprint density at radius 3 is 2.37 bits per heavy atom. The zero-order valence-corrected chi connectivity index (χ0v) is 15.2. The first-order chi connectivity index (χ1) is 13.1. The summed E-state index contributed by atoms with van der Waals surface area (Å²) in [5, 5.41) is 2.82. The van der Waals surface area contributed by atoms with Gasteiger partial charge in [-0.05, 0) is 47.5 Å². The lowest BCUT2D eigenvalue weighted by molar-refractivity contribution is -0.115. The number of carbonyl (C=O) groups is 1. The first-order valence-corrected chi connectivity index (χ1v) is 8.46. The molecule has 0 aliphatic heterocycles. The number of rotatable bonds is 6. The topological polar surface area (TPSA) is 47.6 Å². The van der Waals surface area contributed by atoms with Gasteiger partial charge in [-0.3, -0.25) is 4.79 Å². The monoisotopic (exact) mass is 365 g/mol. The summed E-state index contributed by atoms with van der Waals surface area (Å²) in [6.45, 7) is 0. The molecule has 0 heterocycles. The average Bonchev–Trinajstić information content (AvgIpc) is 2.70. The van der Waals surface area contributed by atoms with E-state index < -0.39 is 0 Å². The predicted molar refractivity (Wildman–Crippen MR) is 104 cm³/mol. The zero-order chi connectivity index (χ0) is 19.2. The molecule has 27 heavy (non-hydrogen) atoms. The van der Waals surface area contributed by atoms with Crippen molar-refractivity contribution in [2.45, 2.75) is 6.42 Å². The fraction of sp³-hybridized carbons (Fsp3) is 0.136. The summed E-state index contributed by atoms with van der Waals surface area (Å²) in [7, 11) is 3.21. The van der Waals surface area contributed by atoms with Crippen LogP contribution in [-0.4, -0.2) is 20.1 Å². The number of ether oxygens (including phenoxy) is 2. The number of carbonyl (C=O) groups excluding carboxylic acids is 1. The third-order valence-corrected chi connectivity index (χ3v) is 4.19. The quantitative estimate of drug-likeness (QED) is 0.689. The first-order valence-electron chi connectivity index (χ1n) is 8.46. The number of nitrogens with one attached hydrogen (secondary N) is 1. The van der Waals surface area contributed by atoms with Crippen molar-refractivity contribution in [3.63, 3.8) is 0 Å². The van der Waals surface area contributed by atoms with Gasteiger partial charge in [-0.15, -0.1) is 0 Å². The lowest BCUT2D eigenvalue weighted by Crippen LogP contribution is -2.15. The van der Waals surface area contributed by atoms with E-state index in [0.717, 1.165) is 16.9 Å². The minimum atomic E-state index is -0.388. The van der Waals surface area contributed by atoms with E-state index in [9.17, 15) is 9.18 Å². The van der Waals surface area contributed by atoms with Crippen LogP contribution in [0.15, 0.2) is 66.7 Å². The molecule has 0 fully saturated rings. The molecule has 4 nitrogen and oxygen atoms in total. The van der Waals surface area contributed by atoms with Crippen molar-refractivity contribution in [2.75, 3.05) is 19.5 Å². The van der Waals surface area contributed by atoms with Crippen LogP contribution in [0.5, 0.6) is 11.5 Å². The molecule has 0 spiro atoms. The lowest BCUT2D eigenvalue weighted by atomic mass is 10.0. The molecule has 0 aliphatic rings. The molecule has 5 heteroatoms. The molecule has 0 atom stereocenters. The second-order valence-electron chi connectivity index (χ2n) is 5.96. The summed E-state index contributed by atoms with van der Waals surface area (Å²) in [6.07, 6.45) is -0.0312. The Labute approximate surface area is 157 Å². The number of benzene rings is 3. The summed E-state index contributed by atoms with van der Waals surface area (Å²) in [6, 6.07) is 19.2. The van der Waals surface area contributed by atoms with E-state index in [1.807, 2.05) is 30.3 Å². The van der Waals surface area contributed by atoms with Crippen LogP contribution in [0.4, 0.5) is 10.1 Å². The smallest absolute Gasteiger partial charge is 0.228 e. The highest BCUT2D eigenvalue weighted by molar-refractivity contribution is 5.93. The maximum absolute atomic E-state index is 13.7. The van der Waals surface area contributed by atoms with Crippen LogP contribution >= 0.6 is 0 Å². The summed E-state index contributed by atoms with van der Waals surface area (Å²) < 4.78 is 24.3. The summed E-state index contributed by atoms with van der Waals surface area (Å²) in [4.78, 5) is 12.3. The molecule has 3 rings (SSSR count). The van der Waals surface area contributed by atoms with Crippen LogP contribution in [0, 0.1) is 5.82 Å².